The lowest BCUT2D eigenvalue weighted by atomic mass is 10.2. The average Bonchev–Trinajstić information content (AvgIpc) is 3.12. The maximum atomic E-state index is 9.10. The minimum atomic E-state index is -1.82. The molecule has 9 nitrogen and oxygen atoms in total. The van der Waals surface area contributed by atoms with Crippen molar-refractivity contribution in [2.45, 2.75) is 6.54 Å². The smallest absolute Gasteiger partial charge is 0.414 e. The van der Waals surface area contributed by atoms with Crippen molar-refractivity contribution >= 4 is 29.5 Å². The van der Waals surface area contributed by atoms with E-state index in [1.165, 1.54) is 0 Å². The maximum absolute atomic E-state index is 9.10. The van der Waals surface area contributed by atoms with Crippen LogP contribution in [0.3, 0.4) is 0 Å². The number of imidazole rings is 1. The van der Waals surface area contributed by atoms with Gasteiger partial charge in [0.25, 0.3) is 0 Å². The van der Waals surface area contributed by atoms with E-state index >= 15 is 0 Å². The van der Waals surface area contributed by atoms with Gasteiger partial charge in [-0.15, -0.1) is 0 Å². The molecule has 0 spiro atoms. The summed E-state index contributed by atoms with van der Waals surface area (Å²) in [5, 5.41) is 18.8. The van der Waals surface area contributed by atoms with E-state index in [-0.39, 0.29) is 0 Å². The molecule has 0 unspecified atom stereocenters. The summed E-state index contributed by atoms with van der Waals surface area (Å²) >= 11 is 6.09. The molecule has 1 aromatic heterocycles. The highest BCUT2D eigenvalue weighted by Gasteiger charge is 2.12. The van der Waals surface area contributed by atoms with E-state index in [0.29, 0.717) is 17.3 Å². The molecule has 2 aromatic carbocycles. The van der Waals surface area contributed by atoms with E-state index in [0.717, 1.165) is 28.5 Å². The third kappa shape index (κ3) is 6.13. The van der Waals surface area contributed by atoms with Gasteiger partial charge in [-0.05, 0) is 18.2 Å². The summed E-state index contributed by atoms with van der Waals surface area (Å²) in [7, 11) is 5.23. The summed E-state index contributed by atoms with van der Waals surface area (Å²) in [6.07, 6.45) is 1.83. The van der Waals surface area contributed by atoms with Crippen LogP contribution in [0.1, 0.15) is 5.56 Å². The van der Waals surface area contributed by atoms with Crippen molar-refractivity contribution < 1.29 is 29.3 Å². The van der Waals surface area contributed by atoms with Gasteiger partial charge in [0.1, 0.15) is 0 Å². The Kier molecular flexibility index (Phi) is 8.27. The zero-order valence-electron chi connectivity index (χ0n) is 17.1. The van der Waals surface area contributed by atoms with Gasteiger partial charge in [-0.2, -0.15) is 0 Å². The average molecular weight is 448 g/mol. The van der Waals surface area contributed by atoms with Crippen molar-refractivity contribution in [3.63, 3.8) is 0 Å². The van der Waals surface area contributed by atoms with E-state index in [2.05, 4.69) is 10.3 Å². The number of rotatable bonds is 6. The van der Waals surface area contributed by atoms with Crippen LogP contribution in [0.25, 0.3) is 11.3 Å². The molecule has 1 heterocycles. The number of nitrogens with one attached hydrogen (secondary N) is 1. The second-order valence-electron chi connectivity index (χ2n) is 6.15. The van der Waals surface area contributed by atoms with Crippen molar-refractivity contribution in [1.82, 2.24) is 9.55 Å². The minimum absolute atomic E-state index is 0.570. The van der Waals surface area contributed by atoms with Gasteiger partial charge in [-0.1, -0.05) is 35.9 Å². The van der Waals surface area contributed by atoms with Gasteiger partial charge in [-0.3, -0.25) is 0 Å². The number of anilines is 1. The summed E-state index contributed by atoms with van der Waals surface area (Å²) in [6, 6.07) is 13.5. The van der Waals surface area contributed by atoms with Crippen LogP contribution in [0.15, 0.2) is 48.7 Å². The highest BCUT2D eigenvalue weighted by atomic mass is 35.5. The number of carboxylic acids is 2. The monoisotopic (exact) mass is 447 g/mol. The fraction of sp³-hybridized carbons (Fsp3) is 0.190. The van der Waals surface area contributed by atoms with E-state index < -0.39 is 11.9 Å². The lowest BCUT2D eigenvalue weighted by Crippen LogP contribution is -2.09. The number of aromatic nitrogens is 2. The molecule has 10 heteroatoms. The van der Waals surface area contributed by atoms with Crippen molar-refractivity contribution in [3.05, 3.63) is 59.2 Å². The quantitative estimate of drug-likeness (QED) is 0.490. The Labute approximate surface area is 183 Å². The first-order valence-corrected chi connectivity index (χ1v) is 9.33. The zero-order chi connectivity index (χ0) is 23.0. The second-order valence-corrected chi connectivity index (χ2v) is 6.59. The number of hydrogen-bond acceptors (Lipinski definition) is 6. The number of methoxy groups -OCH3 is 2. The molecule has 0 fully saturated rings. The molecular formula is C21H22ClN3O6. The van der Waals surface area contributed by atoms with Gasteiger partial charge in [0.05, 0.1) is 26.1 Å². The molecule has 164 valence electrons. The summed E-state index contributed by atoms with van der Waals surface area (Å²) in [5.41, 5.74) is 3.01. The Morgan fingerprint density at radius 2 is 1.77 bits per heavy atom. The third-order valence-electron chi connectivity index (χ3n) is 4.21. The molecule has 0 amide bonds. The number of halogens is 1. The van der Waals surface area contributed by atoms with Crippen molar-refractivity contribution in [3.8, 4) is 22.8 Å². The summed E-state index contributed by atoms with van der Waals surface area (Å²) in [6.45, 7) is 0.570. The Morgan fingerprint density at radius 1 is 1.10 bits per heavy atom. The first kappa shape index (κ1) is 23.6. The Bertz CT molecular complexity index is 1060. The standard InChI is InChI=1S/C19H20ClN3O2.C2H2O4/c1-23-16(13-6-4-8-15(20)10-13)12-22-19(23)21-11-14-7-5-9-17(24-2)18(14)25-3;3-1(4)2(5)6/h4-10,12H,11H2,1-3H3,(H,21,22);(H,3,4)(H,5,6). The summed E-state index contributed by atoms with van der Waals surface area (Å²) in [4.78, 5) is 22.7. The predicted molar refractivity (Wildman–Crippen MR) is 116 cm³/mol. The maximum Gasteiger partial charge on any atom is 0.414 e. The third-order valence-corrected chi connectivity index (χ3v) is 4.45. The Hall–Kier alpha value is -3.72. The molecule has 0 saturated carbocycles. The van der Waals surface area contributed by atoms with Crippen LogP contribution in [-0.4, -0.2) is 45.9 Å². The Balaban J connectivity index is 0.000000501. The fourth-order valence-corrected chi connectivity index (χ4v) is 2.95. The van der Waals surface area contributed by atoms with Gasteiger partial charge >= 0.3 is 11.9 Å². The topological polar surface area (TPSA) is 123 Å². The number of carboxylic acid groups (broad SMARTS) is 2. The van der Waals surface area contributed by atoms with Crippen LogP contribution < -0.4 is 14.8 Å². The van der Waals surface area contributed by atoms with Crippen LogP contribution in [0.2, 0.25) is 5.02 Å². The van der Waals surface area contributed by atoms with Crippen LogP contribution >= 0.6 is 11.6 Å². The van der Waals surface area contributed by atoms with E-state index in [9.17, 15) is 0 Å². The number of aliphatic carboxylic acids is 2. The SMILES string of the molecule is COc1cccc(CNc2ncc(-c3cccc(Cl)c3)n2C)c1OC.O=C(O)C(=O)O. The molecule has 0 aliphatic rings. The summed E-state index contributed by atoms with van der Waals surface area (Å²) in [5.74, 6) is -1.45. The number of para-hydroxylation sites is 1. The number of hydrogen-bond donors (Lipinski definition) is 3. The van der Waals surface area contributed by atoms with Gasteiger partial charge in [0.2, 0.25) is 5.95 Å². The molecule has 3 aromatic rings. The number of carbonyl (C=O) groups is 2. The van der Waals surface area contributed by atoms with Gasteiger partial charge < -0.3 is 29.6 Å². The number of nitrogens with zero attached hydrogens (tertiary/aromatic N) is 2. The van der Waals surface area contributed by atoms with Crippen molar-refractivity contribution in [2.24, 2.45) is 7.05 Å². The first-order chi connectivity index (χ1) is 14.8. The van der Waals surface area contributed by atoms with Crippen LogP contribution in [0.4, 0.5) is 5.95 Å². The highest BCUT2D eigenvalue weighted by molar-refractivity contribution is 6.30. The van der Waals surface area contributed by atoms with Gasteiger partial charge in [-0.25, -0.2) is 14.6 Å². The Morgan fingerprint density at radius 3 is 2.35 bits per heavy atom. The number of ether oxygens (including phenoxy) is 2. The zero-order valence-corrected chi connectivity index (χ0v) is 17.9. The van der Waals surface area contributed by atoms with Crippen molar-refractivity contribution in [2.75, 3.05) is 19.5 Å². The fourth-order valence-electron chi connectivity index (χ4n) is 2.76. The lowest BCUT2D eigenvalue weighted by Gasteiger charge is -2.14. The van der Waals surface area contributed by atoms with Gasteiger partial charge in [0.15, 0.2) is 11.5 Å². The largest absolute Gasteiger partial charge is 0.493 e. The van der Waals surface area contributed by atoms with Gasteiger partial charge in [0, 0.05) is 29.7 Å². The highest BCUT2D eigenvalue weighted by Crippen LogP contribution is 2.31. The van der Waals surface area contributed by atoms with Crippen LogP contribution in [0, 0.1) is 0 Å². The molecule has 3 rings (SSSR count). The van der Waals surface area contributed by atoms with Crippen LogP contribution in [0.5, 0.6) is 11.5 Å². The molecule has 31 heavy (non-hydrogen) atoms. The van der Waals surface area contributed by atoms with E-state index in [4.69, 9.17) is 40.9 Å². The molecule has 0 saturated heterocycles. The first-order valence-electron chi connectivity index (χ1n) is 8.96. The molecule has 3 N–H and O–H groups in total. The second kappa shape index (κ2) is 10.9. The minimum Gasteiger partial charge on any atom is -0.493 e. The van der Waals surface area contributed by atoms with Crippen molar-refractivity contribution in [1.29, 1.82) is 0 Å². The molecule has 0 aliphatic heterocycles. The molecule has 0 bridgehead atoms. The summed E-state index contributed by atoms with van der Waals surface area (Å²) < 4.78 is 12.8. The van der Waals surface area contributed by atoms with E-state index in [1.807, 2.05) is 60.3 Å². The van der Waals surface area contributed by atoms with Crippen LogP contribution in [-0.2, 0) is 23.2 Å². The predicted octanol–water partition coefficient (Wildman–Crippen LogP) is 3.53. The molecular weight excluding hydrogens is 426 g/mol. The molecule has 0 aliphatic carbocycles. The normalized spacial score (nSPS) is 9.94. The lowest BCUT2D eigenvalue weighted by molar-refractivity contribution is -0.159. The number of benzene rings is 2. The molecule has 0 atom stereocenters. The molecule has 0 radical (unpaired) electrons. The van der Waals surface area contributed by atoms with E-state index in [1.54, 1.807) is 14.2 Å².